The molecule has 0 saturated carbocycles. The smallest absolute Gasteiger partial charge is 0.336 e. The molecular formula is C23H26ClNO5S. The molecule has 1 aromatic heterocycles. The van der Waals surface area contributed by atoms with Crippen molar-refractivity contribution in [3.63, 3.8) is 0 Å². The maximum atomic E-state index is 12.0. The highest BCUT2D eigenvalue weighted by molar-refractivity contribution is 7.90. The Bertz CT molecular complexity index is 1240. The first-order chi connectivity index (χ1) is 14.7. The van der Waals surface area contributed by atoms with Crippen LogP contribution in [-0.2, 0) is 22.8 Å². The average Bonchev–Trinajstić information content (AvgIpc) is 2.71. The Balaban J connectivity index is 1.61. The second-order valence-corrected chi connectivity index (χ2v) is 9.99. The van der Waals surface area contributed by atoms with Crippen molar-refractivity contribution in [2.24, 2.45) is 0 Å². The van der Waals surface area contributed by atoms with Crippen molar-refractivity contribution >= 4 is 32.4 Å². The zero-order valence-electron chi connectivity index (χ0n) is 17.9. The van der Waals surface area contributed by atoms with E-state index in [2.05, 4.69) is 4.90 Å². The number of ether oxygens (including phenoxy) is 1. The molecule has 3 rings (SSSR count). The third kappa shape index (κ3) is 6.09. The van der Waals surface area contributed by atoms with Gasteiger partial charge in [0.25, 0.3) is 0 Å². The third-order valence-electron chi connectivity index (χ3n) is 5.00. The van der Waals surface area contributed by atoms with Gasteiger partial charge in [-0.25, -0.2) is 13.2 Å². The van der Waals surface area contributed by atoms with Crippen molar-refractivity contribution in [2.75, 3.05) is 26.5 Å². The topological polar surface area (TPSA) is 76.8 Å². The Hall–Kier alpha value is -2.35. The van der Waals surface area contributed by atoms with E-state index in [1.54, 1.807) is 18.2 Å². The van der Waals surface area contributed by atoms with E-state index in [0.717, 1.165) is 35.9 Å². The number of benzene rings is 2. The fraction of sp³-hybridized carbons (Fsp3) is 0.348. The van der Waals surface area contributed by atoms with E-state index in [1.165, 1.54) is 18.4 Å². The van der Waals surface area contributed by atoms with Gasteiger partial charge in [-0.3, -0.25) is 0 Å². The van der Waals surface area contributed by atoms with Gasteiger partial charge >= 0.3 is 5.63 Å². The number of rotatable bonds is 9. The summed E-state index contributed by atoms with van der Waals surface area (Å²) < 4.78 is 34.4. The van der Waals surface area contributed by atoms with Gasteiger partial charge in [-0.15, -0.1) is 0 Å². The van der Waals surface area contributed by atoms with E-state index in [0.29, 0.717) is 29.5 Å². The van der Waals surface area contributed by atoms with Crippen LogP contribution >= 0.6 is 11.6 Å². The highest BCUT2D eigenvalue weighted by atomic mass is 35.5. The minimum atomic E-state index is -3.26. The van der Waals surface area contributed by atoms with Crippen LogP contribution in [0, 0.1) is 0 Å². The zero-order valence-corrected chi connectivity index (χ0v) is 19.4. The average molecular weight is 464 g/mol. The molecule has 6 nitrogen and oxygen atoms in total. The number of halogens is 1. The Morgan fingerprint density at radius 2 is 1.90 bits per heavy atom. The number of aryl methyl sites for hydroxylation is 1. The van der Waals surface area contributed by atoms with E-state index in [9.17, 15) is 13.2 Å². The normalized spacial score (nSPS) is 11.9. The van der Waals surface area contributed by atoms with Crippen molar-refractivity contribution in [2.45, 2.75) is 31.2 Å². The van der Waals surface area contributed by atoms with Crippen LogP contribution in [0.15, 0.2) is 56.6 Å². The summed E-state index contributed by atoms with van der Waals surface area (Å²) in [5.41, 5.74) is 1.97. The molecule has 0 fully saturated rings. The SMILES string of the molecule is CCc1cc2oc(=O)cc(CN(C)CCCOc3cccc(S(C)(=O)=O)c3)c2cc1Cl. The fourth-order valence-electron chi connectivity index (χ4n) is 3.38. The minimum absolute atomic E-state index is 0.238. The van der Waals surface area contributed by atoms with Gasteiger partial charge in [-0.05, 0) is 61.3 Å². The standard InChI is InChI=1S/C23H26ClNO5S/c1-4-16-11-22-20(14-21(16)24)17(12-23(26)30-22)15-25(2)9-6-10-29-18-7-5-8-19(13-18)31(3,27)28/h5,7-8,11-14H,4,6,9-10,15H2,1-3H3. The summed E-state index contributed by atoms with van der Waals surface area (Å²) in [5, 5.41) is 1.50. The quantitative estimate of drug-likeness (QED) is 0.347. The van der Waals surface area contributed by atoms with Crippen LogP contribution in [-0.4, -0.2) is 39.8 Å². The summed E-state index contributed by atoms with van der Waals surface area (Å²) in [4.78, 5) is 14.3. The highest BCUT2D eigenvalue weighted by Crippen LogP contribution is 2.26. The molecule has 1 heterocycles. The second kappa shape index (κ2) is 9.85. The van der Waals surface area contributed by atoms with Gasteiger partial charge in [-0.1, -0.05) is 24.6 Å². The minimum Gasteiger partial charge on any atom is -0.494 e. The number of hydrogen-bond donors (Lipinski definition) is 0. The molecule has 0 aliphatic heterocycles. The lowest BCUT2D eigenvalue weighted by atomic mass is 10.1. The van der Waals surface area contributed by atoms with Crippen molar-refractivity contribution in [1.82, 2.24) is 4.90 Å². The molecule has 0 amide bonds. The summed E-state index contributed by atoms with van der Waals surface area (Å²) in [6.45, 7) is 3.74. The number of sulfone groups is 1. The lowest BCUT2D eigenvalue weighted by Crippen LogP contribution is -2.21. The Morgan fingerprint density at radius 1 is 1.13 bits per heavy atom. The van der Waals surface area contributed by atoms with Crippen molar-refractivity contribution < 1.29 is 17.6 Å². The molecule has 0 bridgehead atoms. The van der Waals surface area contributed by atoms with Crippen molar-refractivity contribution in [1.29, 1.82) is 0 Å². The summed E-state index contributed by atoms with van der Waals surface area (Å²) in [5.74, 6) is 0.526. The molecule has 0 atom stereocenters. The molecule has 0 unspecified atom stereocenters. The molecule has 0 saturated heterocycles. The molecule has 0 spiro atoms. The van der Waals surface area contributed by atoms with E-state index < -0.39 is 9.84 Å². The predicted octanol–water partition coefficient (Wildman–Crippen LogP) is 4.31. The molecular weight excluding hydrogens is 438 g/mol. The van der Waals surface area contributed by atoms with Crippen LogP contribution in [0.2, 0.25) is 5.02 Å². The lowest BCUT2D eigenvalue weighted by Gasteiger charge is -2.18. The van der Waals surface area contributed by atoms with E-state index >= 15 is 0 Å². The predicted molar refractivity (Wildman–Crippen MR) is 123 cm³/mol. The van der Waals surface area contributed by atoms with E-state index in [-0.39, 0.29) is 10.5 Å². The van der Waals surface area contributed by atoms with Crippen LogP contribution in [0.25, 0.3) is 11.0 Å². The van der Waals surface area contributed by atoms with Gasteiger partial charge in [-0.2, -0.15) is 0 Å². The molecule has 0 radical (unpaired) electrons. The number of hydrogen-bond acceptors (Lipinski definition) is 6. The van der Waals surface area contributed by atoms with E-state index in [4.69, 9.17) is 20.8 Å². The molecule has 0 N–H and O–H groups in total. The van der Waals surface area contributed by atoms with Gasteiger partial charge in [0.05, 0.1) is 11.5 Å². The monoisotopic (exact) mass is 463 g/mol. The van der Waals surface area contributed by atoms with Gasteiger partial charge in [0.2, 0.25) is 0 Å². The first kappa shape index (κ1) is 23.3. The maximum Gasteiger partial charge on any atom is 0.336 e. The summed E-state index contributed by atoms with van der Waals surface area (Å²) in [6, 6.07) is 11.7. The second-order valence-electron chi connectivity index (χ2n) is 7.57. The molecule has 0 aliphatic carbocycles. The maximum absolute atomic E-state index is 12.0. The molecule has 3 aromatic rings. The fourth-order valence-corrected chi connectivity index (χ4v) is 4.33. The third-order valence-corrected chi connectivity index (χ3v) is 6.47. The van der Waals surface area contributed by atoms with Crippen LogP contribution in [0.3, 0.4) is 0 Å². The van der Waals surface area contributed by atoms with Gasteiger partial charge < -0.3 is 14.1 Å². The van der Waals surface area contributed by atoms with Crippen molar-refractivity contribution in [3.8, 4) is 5.75 Å². The molecule has 2 aromatic carbocycles. The molecule has 166 valence electrons. The molecule has 8 heteroatoms. The van der Waals surface area contributed by atoms with Gasteiger partial charge in [0, 0.05) is 35.8 Å². The molecule has 0 aliphatic rings. The Labute approximate surface area is 187 Å². The number of nitrogens with zero attached hydrogens (tertiary/aromatic N) is 1. The number of fused-ring (bicyclic) bond motifs is 1. The first-order valence-corrected chi connectivity index (χ1v) is 12.3. The van der Waals surface area contributed by atoms with Crippen molar-refractivity contribution in [3.05, 3.63) is 69.0 Å². The van der Waals surface area contributed by atoms with Gasteiger partial charge in [0.15, 0.2) is 9.84 Å². The van der Waals surface area contributed by atoms with Crippen LogP contribution < -0.4 is 10.4 Å². The van der Waals surface area contributed by atoms with Crippen LogP contribution in [0.1, 0.15) is 24.5 Å². The first-order valence-electron chi connectivity index (χ1n) is 10.0. The summed E-state index contributed by atoms with van der Waals surface area (Å²) >= 11 is 6.36. The van der Waals surface area contributed by atoms with Gasteiger partial charge in [0.1, 0.15) is 11.3 Å². The summed E-state index contributed by atoms with van der Waals surface area (Å²) in [7, 11) is -1.30. The van der Waals surface area contributed by atoms with Crippen LogP contribution in [0.4, 0.5) is 0 Å². The Kier molecular flexibility index (Phi) is 7.41. The zero-order chi connectivity index (χ0) is 22.6. The lowest BCUT2D eigenvalue weighted by molar-refractivity contribution is 0.258. The largest absolute Gasteiger partial charge is 0.494 e. The van der Waals surface area contributed by atoms with Crippen LogP contribution in [0.5, 0.6) is 5.75 Å². The summed E-state index contributed by atoms with van der Waals surface area (Å²) in [6.07, 6.45) is 2.67. The Morgan fingerprint density at radius 3 is 2.61 bits per heavy atom. The van der Waals surface area contributed by atoms with E-state index in [1.807, 2.05) is 26.1 Å². The molecule has 31 heavy (non-hydrogen) atoms. The highest BCUT2D eigenvalue weighted by Gasteiger charge is 2.12.